The van der Waals surface area contributed by atoms with Crippen molar-refractivity contribution in [3.05, 3.63) is 40.5 Å². The maximum absolute atomic E-state index is 13.8. The van der Waals surface area contributed by atoms with Crippen LogP contribution >= 0.6 is 0 Å². The summed E-state index contributed by atoms with van der Waals surface area (Å²) < 4.78 is 51.7. The number of nitrogens with zero attached hydrogens (tertiary/aromatic N) is 4. The SMILES string of the molecule is CCc1cc(C(F)(F)F)c2c([C@H]3CCCN(C(=O)c4cc(C(C)C)on4)C3)noc2n1. The number of aryl methyl sites for hydroxylation is 1. The second-order valence-electron chi connectivity index (χ2n) is 8.12. The highest BCUT2D eigenvalue weighted by molar-refractivity contribution is 5.92. The van der Waals surface area contributed by atoms with Crippen molar-refractivity contribution in [3.63, 3.8) is 0 Å². The molecule has 1 saturated heterocycles. The zero-order valence-electron chi connectivity index (χ0n) is 17.5. The van der Waals surface area contributed by atoms with Gasteiger partial charge in [0.25, 0.3) is 11.6 Å². The third-order valence-electron chi connectivity index (χ3n) is 5.61. The maximum Gasteiger partial charge on any atom is 0.417 e. The molecule has 31 heavy (non-hydrogen) atoms. The number of halogens is 3. The van der Waals surface area contributed by atoms with E-state index in [9.17, 15) is 18.0 Å². The van der Waals surface area contributed by atoms with Crippen molar-refractivity contribution in [2.75, 3.05) is 13.1 Å². The molecule has 1 amide bonds. The van der Waals surface area contributed by atoms with Gasteiger partial charge in [-0.2, -0.15) is 13.2 Å². The highest BCUT2D eigenvalue weighted by atomic mass is 19.4. The largest absolute Gasteiger partial charge is 0.417 e. The lowest BCUT2D eigenvalue weighted by Crippen LogP contribution is -2.39. The number of fused-ring (bicyclic) bond motifs is 1. The summed E-state index contributed by atoms with van der Waals surface area (Å²) in [6.07, 6.45) is -3.00. The predicted octanol–water partition coefficient (Wildman–Crippen LogP) is 4.94. The number of carbonyl (C=O) groups excluding carboxylic acids is 1. The van der Waals surface area contributed by atoms with Gasteiger partial charge in [0.05, 0.1) is 16.6 Å². The number of piperidine rings is 1. The van der Waals surface area contributed by atoms with E-state index in [1.807, 2.05) is 13.8 Å². The molecule has 0 bridgehead atoms. The Hall–Kier alpha value is -2.91. The Kier molecular flexibility index (Phi) is 5.49. The summed E-state index contributed by atoms with van der Waals surface area (Å²) in [6, 6.07) is 2.66. The number of carbonyl (C=O) groups is 1. The van der Waals surface area contributed by atoms with Crippen LogP contribution in [0.4, 0.5) is 13.2 Å². The van der Waals surface area contributed by atoms with Gasteiger partial charge in [0, 0.05) is 36.7 Å². The summed E-state index contributed by atoms with van der Waals surface area (Å²) >= 11 is 0. The standard InChI is InChI=1S/C21H23F3N4O3/c1-4-13-8-14(21(22,23)24)17-18(27-31-19(17)25-13)12-6-5-7-28(10-12)20(29)15-9-16(11(2)3)30-26-15/h8-9,11-12H,4-7,10H2,1-3H3/t12-/m0/s1. The minimum atomic E-state index is -4.57. The van der Waals surface area contributed by atoms with Crippen molar-refractivity contribution in [1.82, 2.24) is 20.2 Å². The van der Waals surface area contributed by atoms with Crippen LogP contribution in [-0.4, -0.2) is 39.2 Å². The first-order valence-electron chi connectivity index (χ1n) is 10.3. The number of alkyl halides is 3. The van der Waals surface area contributed by atoms with Crippen LogP contribution in [0.3, 0.4) is 0 Å². The Morgan fingerprint density at radius 1 is 1.26 bits per heavy atom. The van der Waals surface area contributed by atoms with E-state index < -0.39 is 17.7 Å². The third kappa shape index (κ3) is 4.03. The van der Waals surface area contributed by atoms with Crippen molar-refractivity contribution in [2.24, 2.45) is 0 Å². The molecular weight excluding hydrogens is 413 g/mol. The lowest BCUT2D eigenvalue weighted by atomic mass is 9.91. The fraction of sp³-hybridized carbons (Fsp3) is 0.524. The van der Waals surface area contributed by atoms with Crippen molar-refractivity contribution < 1.29 is 27.0 Å². The fourth-order valence-electron chi connectivity index (χ4n) is 3.92. The molecule has 0 aliphatic carbocycles. The number of aromatic nitrogens is 3. The van der Waals surface area contributed by atoms with Crippen LogP contribution in [0.5, 0.6) is 0 Å². The molecule has 3 aromatic heterocycles. The molecule has 0 spiro atoms. The number of rotatable bonds is 4. The van der Waals surface area contributed by atoms with E-state index in [1.54, 1.807) is 17.9 Å². The first kappa shape index (κ1) is 21.3. The van der Waals surface area contributed by atoms with Crippen molar-refractivity contribution >= 4 is 17.0 Å². The number of hydrogen-bond acceptors (Lipinski definition) is 6. The molecular formula is C21H23F3N4O3. The Labute approximate surface area is 176 Å². The van der Waals surface area contributed by atoms with Crippen LogP contribution in [-0.2, 0) is 12.6 Å². The minimum absolute atomic E-state index is 0.0888. The van der Waals surface area contributed by atoms with Crippen LogP contribution in [0, 0.1) is 0 Å². The van der Waals surface area contributed by atoms with Crippen molar-refractivity contribution in [1.29, 1.82) is 0 Å². The summed E-state index contributed by atoms with van der Waals surface area (Å²) in [5.41, 5.74) is -0.247. The van der Waals surface area contributed by atoms with Gasteiger partial charge >= 0.3 is 6.18 Å². The smallest absolute Gasteiger partial charge is 0.360 e. The average Bonchev–Trinajstić information content (AvgIpc) is 3.39. The molecule has 10 heteroatoms. The molecule has 1 aliphatic heterocycles. The van der Waals surface area contributed by atoms with Crippen LogP contribution in [0.15, 0.2) is 21.2 Å². The number of pyridine rings is 1. The molecule has 1 fully saturated rings. The van der Waals surface area contributed by atoms with Gasteiger partial charge in [0.15, 0.2) is 5.69 Å². The maximum atomic E-state index is 13.8. The summed E-state index contributed by atoms with van der Waals surface area (Å²) in [6.45, 7) is 6.29. The number of amides is 1. The monoisotopic (exact) mass is 436 g/mol. The van der Waals surface area contributed by atoms with Gasteiger partial charge < -0.3 is 13.9 Å². The summed E-state index contributed by atoms with van der Waals surface area (Å²) in [4.78, 5) is 18.6. The molecule has 7 nitrogen and oxygen atoms in total. The number of hydrogen-bond donors (Lipinski definition) is 0. The van der Waals surface area contributed by atoms with E-state index in [4.69, 9.17) is 9.05 Å². The van der Waals surface area contributed by atoms with Gasteiger partial charge in [0.1, 0.15) is 5.76 Å². The van der Waals surface area contributed by atoms with Crippen LogP contribution < -0.4 is 0 Å². The molecule has 3 aromatic rings. The first-order chi connectivity index (χ1) is 14.7. The van der Waals surface area contributed by atoms with E-state index in [1.165, 1.54) is 0 Å². The van der Waals surface area contributed by atoms with Gasteiger partial charge in [-0.25, -0.2) is 4.98 Å². The van der Waals surface area contributed by atoms with Crippen LogP contribution in [0.1, 0.15) is 78.6 Å². The van der Waals surface area contributed by atoms with Gasteiger partial charge in [-0.3, -0.25) is 4.79 Å². The van der Waals surface area contributed by atoms with E-state index in [0.29, 0.717) is 31.6 Å². The van der Waals surface area contributed by atoms with E-state index in [-0.39, 0.29) is 46.6 Å². The van der Waals surface area contributed by atoms with E-state index in [2.05, 4.69) is 15.3 Å². The molecule has 1 aliphatic rings. The molecule has 0 N–H and O–H groups in total. The number of likely N-dealkylation sites (tertiary alicyclic amines) is 1. The fourth-order valence-corrected chi connectivity index (χ4v) is 3.92. The Balaban J connectivity index is 1.66. The normalized spacial score (nSPS) is 17.6. The van der Waals surface area contributed by atoms with Gasteiger partial charge in [-0.15, -0.1) is 0 Å². The first-order valence-corrected chi connectivity index (χ1v) is 10.3. The highest BCUT2D eigenvalue weighted by Crippen LogP contribution is 2.40. The zero-order chi connectivity index (χ0) is 22.3. The van der Waals surface area contributed by atoms with Crippen LogP contribution in [0.25, 0.3) is 11.1 Å². The highest BCUT2D eigenvalue weighted by Gasteiger charge is 2.38. The Bertz CT molecular complexity index is 1100. The molecule has 4 rings (SSSR count). The summed E-state index contributed by atoms with van der Waals surface area (Å²) in [7, 11) is 0. The van der Waals surface area contributed by atoms with Gasteiger partial charge in [0.2, 0.25) is 0 Å². The van der Waals surface area contributed by atoms with Crippen LogP contribution in [0.2, 0.25) is 0 Å². The summed E-state index contributed by atoms with van der Waals surface area (Å²) in [5, 5.41) is 7.69. The lowest BCUT2D eigenvalue weighted by Gasteiger charge is -2.31. The third-order valence-corrected chi connectivity index (χ3v) is 5.61. The second kappa shape index (κ2) is 7.97. The molecule has 0 aromatic carbocycles. The topological polar surface area (TPSA) is 85.3 Å². The predicted molar refractivity (Wildman–Crippen MR) is 105 cm³/mol. The van der Waals surface area contributed by atoms with Crippen molar-refractivity contribution in [2.45, 2.75) is 58.0 Å². The van der Waals surface area contributed by atoms with E-state index >= 15 is 0 Å². The molecule has 0 saturated carbocycles. The second-order valence-corrected chi connectivity index (χ2v) is 8.12. The lowest BCUT2D eigenvalue weighted by molar-refractivity contribution is -0.136. The molecule has 0 radical (unpaired) electrons. The average molecular weight is 436 g/mol. The summed E-state index contributed by atoms with van der Waals surface area (Å²) in [5.74, 6) is -0.0145. The molecule has 4 heterocycles. The van der Waals surface area contributed by atoms with Gasteiger partial charge in [-0.05, 0) is 25.3 Å². The minimum Gasteiger partial charge on any atom is -0.360 e. The molecule has 0 unspecified atom stereocenters. The Morgan fingerprint density at radius 3 is 2.68 bits per heavy atom. The zero-order valence-corrected chi connectivity index (χ0v) is 17.5. The van der Waals surface area contributed by atoms with E-state index in [0.717, 1.165) is 6.07 Å². The molecule has 166 valence electrons. The van der Waals surface area contributed by atoms with Gasteiger partial charge in [-0.1, -0.05) is 31.1 Å². The quantitative estimate of drug-likeness (QED) is 0.576. The van der Waals surface area contributed by atoms with Crippen molar-refractivity contribution in [3.8, 4) is 0 Å². The Morgan fingerprint density at radius 2 is 2.03 bits per heavy atom. The molecule has 1 atom stereocenters.